The zero-order valence-corrected chi connectivity index (χ0v) is 15.3. The van der Waals surface area contributed by atoms with Crippen LogP contribution in [0, 0.1) is 0 Å². The molecule has 134 valence electrons. The number of aromatic nitrogens is 2. The van der Waals surface area contributed by atoms with Crippen molar-refractivity contribution in [1.29, 1.82) is 0 Å². The van der Waals surface area contributed by atoms with E-state index >= 15 is 0 Å². The maximum absolute atomic E-state index is 6.12. The Kier molecular flexibility index (Phi) is 5.60. The van der Waals surface area contributed by atoms with Crippen LogP contribution in [0.1, 0.15) is 31.9 Å². The van der Waals surface area contributed by atoms with E-state index in [9.17, 15) is 0 Å². The van der Waals surface area contributed by atoms with Gasteiger partial charge in [-0.15, -0.1) is 0 Å². The highest BCUT2D eigenvalue weighted by molar-refractivity contribution is 6.33. The van der Waals surface area contributed by atoms with Crippen LogP contribution in [0.25, 0.3) is 0 Å². The normalized spacial score (nSPS) is 17.6. The molecule has 0 amide bonds. The molecule has 1 fully saturated rings. The van der Waals surface area contributed by atoms with Gasteiger partial charge in [-0.3, -0.25) is 0 Å². The molecule has 7 heteroatoms. The van der Waals surface area contributed by atoms with Gasteiger partial charge in [-0.2, -0.15) is 4.98 Å². The first-order chi connectivity index (χ1) is 12.0. The molecule has 0 saturated carbocycles. The van der Waals surface area contributed by atoms with Gasteiger partial charge in [0.05, 0.1) is 10.7 Å². The summed E-state index contributed by atoms with van der Waals surface area (Å²) in [6.07, 6.45) is 4.10. The standard InChI is InChI=1S/C18H25ClN6/c1-2-4-13-10-17(25-8-3-5-12(20)11-25)24-18(22-13)23-14-6-7-15(19)16(21)9-14/h6-7,9-10,12H,2-5,8,11,20-21H2,1H3,(H,22,23,24). The zero-order chi connectivity index (χ0) is 17.8. The zero-order valence-electron chi connectivity index (χ0n) is 14.5. The van der Waals surface area contributed by atoms with Gasteiger partial charge < -0.3 is 21.7 Å². The molecule has 0 spiro atoms. The maximum Gasteiger partial charge on any atom is 0.229 e. The number of benzene rings is 1. The fourth-order valence-electron chi connectivity index (χ4n) is 3.05. The number of rotatable bonds is 5. The quantitative estimate of drug-likeness (QED) is 0.708. The van der Waals surface area contributed by atoms with Gasteiger partial charge in [-0.1, -0.05) is 24.9 Å². The van der Waals surface area contributed by atoms with E-state index in [4.69, 9.17) is 28.1 Å². The van der Waals surface area contributed by atoms with E-state index in [2.05, 4.69) is 28.2 Å². The van der Waals surface area contributed by atoms with Crippen molar-refractivity contribution in [3.8, 4) is 0 Å². The average molecular weight is 361 g/mol. The van der Waals surface area contributed by atoms with E-state index in [1.807, 2.05) is 6.07 Å². The average Bonchev–Trinajstić information content (AvgIpc) is 2.58. The monoisotopic (exact) mass is 360 g/mol. The first-order valence-electron chi connectivity index (χ1n) is 8.75. The Morgan fingerprint density at radius 3 is 2.88 bits per heavy atom. The highest BCUT2D eigenvalue weighted by Crippen LogP contribution is 2.26. The predicted octanol–water partition coefficient (Wildman–Crippen LogP) is 3.34. The molecule has 2 heterocycles. The van der Waals surface area contributed by atoms with Crippen molar-refractivity contribution in [2.75, 3.05) is 29.0 Å². The lowest BCUT2D eigenvalue weighted by Crippen LogP contribution is -2.43. The molecule has 1 aromatic heterocycles. The number of hydrogen-bond acceptors (Lipinski definition) is 6. The number of hydrogen-bond donors (Lipinski definition) is 3. The van der Waals surface area contributed by atoms with E-state index in [1.165, 1.54) is 0 Å². The Bertz CT molecular complexity index is 736. The van der Waals surface area contributed by atoms with Crippen LogP contribution < -0.4 is 21.7 Å². The number of anilines is 4. The molecule has 0 aliphatic carbocycles. The fourth-order valence-corrected chi connectivity index (χ4v) is 3.17. The Balaban J connectivity index is 1.88. The van der Waals surface area contributed by atoms with Crippen molar-refractivity contribution in [3.63, 3.8) is 0 Å². The van der Waals surface area contributed by atoms with Gasteiger partial charge in [-0.05, 0) is 37.5 Å². The number of nitrogens with zero attached hydrogens (tertiary/aromatic N) is 3. The van der Waals surface area contributed by atoms with Crippen LogP contribution in [0.2, 0.25) is 5.02 Å². The Labute approximate surface area is 153 Å². The van der Waals surface area contributed by atoms with Gasteiger partial charge >= 0.3 is 0 Å². The maximum atomic E-state index is 6.12. The highest BCUT2D eigenvalue weighted by Gasteiger charge is 2.19. The van der Waals surface area contributed by atoms with E-state index < -0.39 is 0 Å². The molecule has 1 aliphatic rings. The summed E-state index contributed by atoms with van der Waals surface area (Å²) >= 11 is 5.99. The summed E-state index contributed by atoms with van der Waals surface area (Å²) in [5.41, 5.74) is 14.4. The number of halogens is 1. The third-order valence-electron chi connectivity index (χ3n) is 4.31. The molecule has 0 bridgehead atoms. The number of aryl methyl sites for hydroxylation is 1. The summed E-state index contributed by atoms with van der Waals surface area (Å²) in [5.74, 6) is 1.50. The lowest BCUT2D eigenvalue weighted by molar-refractivity contribution is 0.503. The van der Waals surface area contributed by atoms with E-state index in [1.54, 1.807) is 12.1 Å². The van der Waals surface area contributed by atoms with Crippen molar-refractivity contribution >= 4 is 34.7 Å². The molecule has 1 saturated heterocycles. The molecule has 1 atom stereocenters. The van der Waals surface area contributed by atoms with Crippen molar-refractivity contribution < 1.29 is 0 Å². The van der Waals surface area contributed by atoms with Crippen LogP contribution in [0.15, 0.2) is 24.3 Å². The van der Waals surface area contributed by atoms with Gasteiger partial charge in [0.1, 0.15) is 5.82 Å². The van der Waals surface area contributed by atoms with Crippen LogP contribution in [0.4, 0.5) is 23.1 Å². The molecule has 1 aromatic carbocycles. The second-order valence-corrected chi connectivity index (χ2v) is 6.91. The second kappa shape index (κ2) is 7.89. The first-order valence-corrected chi connectivity index (χ1v) is 9.13. The molecular weight excluding hydrogens is 336 g/mol. The summed E-state index contributed by atoms with van der Waals surface area (Å²) in [4.78, 5) is 11.6. The van der Waals surface area contributed by atoms with Crippen LogP contribution in [-0.2, 0) is 6.42 Å². The van der Waals surface area contributed by atoms with Gasteiger partial charge in [0.25, 0.3) is 0 Å². The topological polar surface area (TPSA) is 93.1 Å². The number of nitrogen functional groups attached to an aromatic ring is 1. The minimum absolute atomic E-state index is 0.200. The number of piperidine rings is 1. The Morgan fingerprint density at radius 1 is 1.32 bits per heavy atom. The van der Waals surface area contributed by atoms with Crippen LogP contribution in [0.5, 0.6) is 0 Å². The molecule has 1 aliphatic heterocycles. The molecule has 1 unspecified atom stereocenters. The van der Waals surface area contributed by atoms with Crippen molar-refractivity contribution in [2.45, 2.75) is 38.6 Å². The third-order valence-corrected chi connectivity index (χ3v) is 4.65. The first kappa shape index (κ1) is 17.8. The number of nitrogens with two attached hydrogens (primary N) is 2. The van der Waals surface area contributed by atoms with Crippen LogP contribution in [0.3, 0.4) is 0 Å². The summed E-state index contributed by atoms with van der Waals surface area (Å²) in [5, 5.41) is 3.78. The van der Waals surface area contributed by atoms with Crippen molar-refractivity contribution in [1.82, 2.24) is 9.97 Å². The minimum atomic E-state index is 0.200. The van der Waals surface area contributed by atoms with Crippen molar-refractivity contribution in [3.05, 3.63) is 35.0 Å². The molecule has 0 radical (unpaired) electrons. The minimum Gasteiger partial charge on any atom is -0.397 e. The number of nitrogens with one attached hydrogen (secondary N) is 1. The molecule has 6 nitrogen and oxygen atoms in total. The highest BCUT2D eigenvalue weighted by atomic mass is 35.5. The summed E-state index contributed by atoms with van der Waals surface area (Å²) in [6.45, 7) is 3.95. The molecule has 25 heavy (non-hydrogen) atoms. The second-order valence-electron chi connectivity index (χ2n) is 6.50. The van der Waals surface area contributed by atoms with Gasteiger partial charge in [0.15, 0.2) is 0 Å². The summed E-state index contributed by atoms with van der Waals surface area (Å²) < 4.78 is 0. The van der Waals surface area contributed by atoms with E-state index in [0.717, 1.165) is 56.0 Å². The molecule has 5 N–H and O–H groups in total. The van der Waals surface area contributed by atoms with Crippen LogP contribution >= 0.6 is 11.6 Å². The SMILES string of the molecule is CCCc1cc(N2CCCC(N)C2)nc(Nc2ccc(Cl)c(N)c2)n1. The summed E-state index contributed by atoms with van der Waals surface area (Å²) in [6, 6.07) is 7.69. The molecule has 3 rings (SSSR count). The lowest BCUT2D eigenvalue weighted by atomic mass is 10.1. The smallest absolute Gasteiger partial charge is 0.229 e. The Morgan fingerprint density at radius 2 is 2.16 bits per heavy atom. The predicted molar refractivity (Wildman–Crippen MR) is 105 cm³/mol. The van der Waals surface area contributed by atoms with Crippen LogP contribution in [-0.4, -0.2) is 29.1 Å². The summed E-state index contributed by atoms with van der Waals surface area (Å²) in [7, 11) is 0. The molecule has 2 aromatic rings. The lowest BCUT2D eigenvalue weighted by Gasteiger charge is -2.32. The molecular formula is C18H25ClN6. The van der Waals surface area contributed by atoms with E-state index in [0.29, 0.717) is 16.7 Å². The van der Waals surface area contributed by atoms with E-state index in [-0.39, 0.29) is 6.04 Å². The largest absolute Gasteiger partial charge is 0.397 e. The van der Waals surface area contributed by atoms with Gasteiger partial charge in [0, 0.05) is 36.6 Å². The fraction of sp³-hybridized carbons (Fsp3) is 0.444. The van der Waals surface area contributed by atoms with Gasteiger partial charge in [-0.25, -0.2) is 4.98 Å². The third kappa shape index (κ3) is 4.52. The Hall–Kier alpha value is -2.05. The van der Waals surface area contributed by atoms with Gasteiger partial charge in [0.2, 0.25) is 5.95 Å². The van der Waals surface area contributed by atoms with Crippen molar-refractivity contribution in [2.24, 2.45) is 5.73 Å².